The highest BCUT2D eigenvalue weighted by Gasteiger charge is 2.14. The fourth-order valence-electron chi connectivity index (χ4n) is 5.26. The number of nitrogens with zero attached hydrogens (tertiary/aromatic N) is 2. The minimum absolute atomic E-state index is 0. The van der Waals surface area contributed by atoms with Crippen LogP contribution in [0.5, 0.6) is 5.75 Å². The van der Waals surface area contributed by atoms with Crippen LogP contribution in [0.1, 0.15) is 109 Å². The Balaban J connectivity index is 0.00000588. The largest absolute Gasteiger partial charge is 0.494 e. The summed E-state index contributed by atoms with van der Waals surface area (Å²) < 4.78 is 5.99. The van der Waals surface area contributed by atoms with Crippen LogP contribution in [0.4, 0.5) is 5.69 Å². The summed E-state index contributed by atoms with van der Waals surface area (Å²) in [5, 5.41) is 0. The Kier molecular flexibility index (Phi) is 18.0. The van der Waals surface area contributed by atoms with Gasteiger partial charge in [-0.1, -0.05) is 102 Å². The molecule has 4 nitrogen and oxygen atoms in total. The first kappa shape index (κ1) is 35.3. The van der Waals surface area contributed by atoms with Crippen LogP contribution in [0.25, 0.3) is 0 Å². The molecule has 0 saturated heterocycles. The number of carbonyl (C=O) groups is 1. The molecule has 3 rings (SSSR count). The lowest BCUT2D eigenvalue weighted by Crippen LogP contribution is -2.30. The number of rotatable bonds is 20. The summed E-state index contributed by atoms with van der Waals surface area (Å²) in [5.74, 6) is 2.00. The molecule has 0 unspecified atom stereocenters. The van der Waals surface area contributed by atoms with Crippen LogP contribution < -0.4 is 9.64 Å². The van der Waals surface area contributed by atoms with Gasteiger partial charge in [-0.2, -0.15) is 0 Å². The Hall–Kier alpha value is -1.92. The van der Waals surface area contributed by atoms with Crippen LogP contribution in [-0.2, 0) is 17.8 Å². The SMILES string of the molecule is Br.CCCCCCCCCCCCCCOc1ccc(CCN(C(C)=O)c2cccc(CN3C=C(C)SC3)c2)cc1. The Labute approximate surface area is 265 Å². The molecule has 0 fully saturated rings. The number of carbonyl (C=O) groups excluding carboxylic acids is 1. The fourth-order valence-corrected chi connectivity index (χ4v) is 6.02. The molecule has 0 aliphatic carbocycles. The summed E-state index contributed by atoms with van der Waals surface area (Å²) in [4.78, 5) is 18.1. The lowest BCUT2D eigenvalue weighted by Gasteiger charge is -2.23. The number of amides is 1. The highest BCUT2D eigenvalue weighted by molar-refractivity contribution is 8.93. The van der Waals surface area contributed by atoms with E-state index in [-0.39, 0.29) is 22.9 Å². The van der Waals surface area contributed by atoms with E-state index in [2.05, 4.69) is 67.4 Å². The van der Waals surface area contributed by atoms with Crippen molar-refractivity contribution in [3.63, 3.8) is 0 Å². The second-order valence-corrected chi connectivity index (χ2v) is 12.4. The molecule has 0 saturated carbocycles. The van der Waals surface area contributed by atoms with E-state index in [1.165, 1.54) is 86.7 Å². The van der Waals surface area contributed by atoms with Crippen LogP contribution in [0.2, 0.25) is 0 Å². The fraction of sp³-hybridized carbons (Fsp3) is 0.571. The van der Waals surface area contributed by atoms with Gasteiger partial charge >= 0.3 is 0 Å². The van der Waals surface area contributed by atoms with Gasteiger partial charge in [0.25, 0.3) is 0 Å². The number of unbranched alkanes of at least 4 members (excludes halogenated alkanes) is 11. The lowest BCUT2D eigenvalue weighted by molar-refractivity contribution is -0.116. The molecular formula is C35H53BrN2O2S. The van der Waals surface area contributed by atoms with E-state index in [0.29, 0.717) is 6.54 Å². The minimum Gasteiger partial charge on any atom is -0.494 e. The van der Waals surface area contributed by atoms with Gasteiger partial charge in [-0.05, 0) is 60.1 Å². The predicted molar refractivity (Wildman–Crippen MR) is 183 cm³/mol. The third kappa shape index (κ3) is 14.2. The van der Waals surface area contributed by atoms with Crippen LogP contribution in [0.3, 0.4) is 0 Å². The first-order valence-corrected chi connectivity index (χ1v) is 16.7. The van der Waals surface area contributed by atoms with Gasteiger partial charge in [-0.15, -0.1) is 28.7 Å². The van der Waals surface area contributed by atoms with Crippen molar-refractivity contribution in [3.8, 4) is 5.75 Å². The van der Waals surface area contributed by atoms with Gasteiger partial charge in [0.05, 0.1) is 12.5 Å². The Bertz CT molecular complexity index is 1030. The number of hydrogen-bond acceptors (Lipinski definition) is 4. The first-order chi connectivity index (χ1) is 19.5. The van der Waals surface area contributed by atoms with Gasteiger partial charge in [-0.3, -0.25) is 4.79 Å². The molecule has 0 radical (unpaired) electrons. The first-order valence-electron chi connectivity index (χ1n) is 15.7. The number of thioether (sulfide) groups is 1. The molecule has 1 aliphatic rings. The Morgan fingerprint density at radius 1 is 0.878 bits per heavy atom. The summed E-state index contributed by atoms with van der Waals surface area (Å²) in [6.45, 7) is 8.40. The Morgan fingerprint density at radius 3 is 2.10 bits per heavy atom. The van der Waals surface area contributed by atoms with Gasteiger partial charge < -0.3 is 14.5 Å². The molecule has 0 spiro atoms. The average Bonchev–Trinajstić information content (AvgIpc) is 3.36. The van der Waals surface area contributed by atoms with Crippen molar-refractivity contribution >= 4 is 40.3 Å². The second kappa shape index (κ2) is 20.9. The molecule has 0 bridgehead atoms. The van der Waals surface area contributed by atoms with E-state index in [1.54, 1.807) is 6.92 Å². The summed E-state index contributed by atoms with van der Waals surface area (Å²) in [7, 11) is 0. The molecule has 1 heterocycles. The molecular weight excluding hydrogens is 592 g/mol. The van der Waals surface area contributed by atoms with Gasteiger partial charge in [0.15, 0.2) is 0 Å². The standard InChI is InChI=1S/C35H52N2O2S.BrH/c1-4-5-6-7-8-9-10-11-12-13-14-15-25-39-35-21-19-32(20-22-35)23-24-37(31(3)38)34-18-16-17-33(26-34)28-36-27-30(2)40-29-36;/h16-22,26-27H,4-15,23-25,28-29H2,1-3H3;1H. The van der Waals surface area contributed by atoms with E-state index in [9.17, 15) is 4.79 Å². The van der Waals surface area contributed by atoms with Crippen molar-refractivity contribution in [3.05, 3.63) is 70.8 Å². The van der Waals surface area contributed by atoms with Gasteiger partial charge in [0.1, 0.15) is 5.75 Å². The third-order valence-corrected chi connectivity index (χ3v) is 8.65. The van der Waals surface area contributed by atoms with Crippen molar-refractivity contribution in [1.29, 1.82) is 0 Å². The number of halogens is 1. The molecule has 0 N–H and O–H groups in total. The van der Waals surface area contributed by atoms with E-state index in [0.717, 1.165) is 43.3 Å². The maximum atomic E-state index is 12.5. The van der Waals surface area contributed by atoms with E-state index in [4.69, 9.17) is 4.74 Å². The average molecular weight is 646 g/mol. The van der Waals surface area contributed by atoms with E-state index >= 15 is 0 Å². The highest BCUT2D eigenvalue weighted by Crippen LogP contribution is 2.27. The van der Waals surface area contributed by atoms with Crippen molar-refractivity contribution in [2.75, 3.05) is 23.9 Å². The van der Waals surface area contributed by atoms with E-state index < -0.39 is 0 Å². The summed E-state index contributed by atoms with van der Waals surface area (Å²) in [6, 6.07) is 16.8. The maximum absolute atomic E-state index is 12.5. The van der Waals surface area contributed by atoms with E-state index in [1.807, 2.05) is 22.7 Å². The monoisotopic (exact) mass is 644 g/mol. The van der Waals surface area contributed by atoms with Gasteiger partial charge in [-0.25, -0.2) is 0 Å². The molecule has 1 aliphatic heterocycles. The van der Waals surface area contributed by atoms with Crippen LogP contribution in [0.15, 0.2) is 59.6 Å². The number of anilines is 1. The normalized spacial score (nSPS) is 12.7. The zero-order chi connectivity index (χ0) is 28.4. The third-order valence-electron chi connectivity index (χ3n) is 7.62. The molecule has 6 heteroatoms. The predicted octanol–water partition coefficient (Wildman–Crippen LogP) is 10.3. The van der Waals surface area contributed by atoms with Crippen molar-refractivity contribution in [2.45, 2.75) is 111 Å². The van der Waals surface area contributed by atoms with Crippen LogP contribution >= 0.6 is 28.7 Å². The topological polar surface area (TPSA) is 32.8 Å². The quantitative estimate of drug-likeness (QED) is 0.134. The smallest absolute Gasteiger partial charge is 0.223 e. The van der Waals surface area contributed by atoms with Crippen LogP contribution in [0, 0.1) is 0 Å². The van der Waals surface area contributed by atoms with Gasteiger partial charge in [0, 0.05) is 31.9 Å². The van der Waals surface area contributed by atoms with Crippen molar-refractivity contribution in [2.24, 2.45) is 0 Å². The Morgan fingerprint density at radius 2 is 1.51 bits per heavy atom. The summed E-state index contributed by atoms with van der Waals surface area (Å²) >= 11 is 1.87. The second-order valence-electron chi connectivity index (χ2n) is 11.2. The molecule has 2 aromatic rings. The molecule has 2 aromatic carbocycles. The zero-order valence-electron chi connectivity index (χ0n) is 25.7. The van der Waals surface area contributed by atoms with Gasteiger partial charge in [0.2, 0.25) is 5.91 Å². The summed E-state index contributed by atoms with van der Waals surface area (Å²) in [6.07, 6.45) is 19.3. The minimum atomic E-state index is 0. The zero-order valence-corrected chi connectivity index (χ0v) is 28.3. The number of allylic oxidation sites excluding steroid dienone is 1. The molecule has 0 atom stereocenters. The molecule has 228 valence electrons. The summed E-state index contributed by atoms with van der Waals surface area (Å²) in [5.41, 5.74) is 3.42. The molecule has 0 aromatic heterocycles. The highest BCUT2D eigenvalue weighted by atomic mass is 79.9. The van der Waals surface area contributed by atoms with Crippen molar-refractivity contribution < 1.29 is 9.53 Å². The molecule has 41 heavy (non-hydrogen) atoms. The number of hydrogen-bond donors (Lipinski definition) is 0. The maximum Gasteiger partial charge on any atom is 0.223 e. The number of benzene rings is 2. The van der Waals surface area contributed by atoms with Crippen molar-refractivity contribution in [1.82, 2.24) is 4.90 Å². The van der Waals surface area contributed by atoms with Crippen LogP contribution in [-0.4, -0.2) is 29.8 Å². The number of ether oxygens (including phenoxy) is 1. The molecule has 1 amide bonds. The lowest BCUT2D eigenvalue weighted by atomic mass is 10.1.